The van der Waals surface area contributed by atoms with Gasteiger partial charge in [0.2, 0.25) is 0 Å². The summed E-state index contributed by atoms with van der Waals surface area (Å²) in [6.07, 6.45) is 8.69. The van der Waals surface area contributed by atoms with Crippen LogP contribution in [0.5, 0.6) is 0 Å². The fourth-order valence-corrected chi connectivity index (χ4v) is 2.50. The minimum absolute atomic E-state index is 0.443. The molecule has 0 saturated heterocycles. The van der Waals surface area contributed by atoms with E-state index in [9.17, 15) is 0 Å². The third-order valence-electron chi connectivity index (χ3n) is 3.50. The molecule has 1 aliphatic rings. The fraction of sp³-hybridized carbons (Fsp3) is 0.312. The number of nitrogens with one attached hydrogen (secondary N) is 1. The van der Waals surface area contributed by atoms with E-state index in [4.69, 9.17) is 0 Å². The smallest absolute Gasteiger partial charge is 0.109 e. The summed E-state index contributed by atoms with van der Waals surface area (Å²) in [5, 5.41) is 0. The Balaban J connectivity index is 2.08. The molecule has 0 radical (unpaired) electrons. The third-order valence-corrected chi connectivity index (χ3v) is 3.50. The molecule has 0 atom stereocenters. The number of benzene rings is 1. The molecule has 2 nitrogen and oxygen atoms in total. The first-order valence-electron chi connectivity index (χ1n) is 6.59. The molecule has 0 saturated carbocycles. The second-order valence-corrected chi connectivity index (χ2v) is 5.15. The van der Waals surface area contributed by atoms with Crippen molar-refractivity contribution in [2.75, 3.05) is 0 Å². The molecule has 0 bridgehead atoms. The predicted octanol–water partition coefficient (Wildman–Crippen LogP) is 4.16. The third kappa shape index (κ3) is 1.88. The van der Waals surface area contributed by atoms with Gasteiger partial charge >= 0.3 is 0 Å². The summed E-state index contributed by atoms with van der Waals surface area (Å²) in [5.74, 6) is 1.51. The lowest BCUT2D eigenvalue weighted by molar-refractivity contribution is 0.795. The van der Waals surface area contributed by atoms with E-state index in [2.05, 4.69) is 54.2 Å². The van der Waals surface area contributed by atoms with Gasteiger partial charge in [0.15, 0.2) is 0 Å². The highest BCUT2D eigenvalue weighted by Crippen LogP contribution is 2.30. The first-order valence-corrected chi connectivity index (χ1v) is 6.59. The van der Waals surface area contributed by atoms with Crippen LogP contribution in [0.1, 0.15) is 43.1 Å². The Kier molecular flexibility index (Phi) is 2.78. The van der Waals surface area contributed by atoms with Crippen molar-refractivity contribution in [2.24, 2.45) is 0 Å². The number of H-pyrrole nitrogens is 1. The first kappa shape index (κ1) is 11.3. The fourth-order valence-electron chi connectivity index (χ4n) is 2.50. The van der Waals surface area contributed by atoms with Crippen LogP contribution in [0.3, 0.4) is 0 Å². The summed E-state index contributed by atoms with van der Waals surface area (Å²) in [6.45, 7) is 4.32. The number of aromatic amines is 1. The number of hydrogen-bond acceptors (Lipinski definition) is 1. The van der Waals surface area contributed by atoms with Crippen LogP contribution in [0.25, 0.3) is 17.3 Å². The Morgan fingerprint density at radius 2 is 2.17 bits per heavy atom. The van der Waals surface area contributed by atoms with E-state index in [0.717, 1.165) is 24.4 Å². The highest BCUT2D eigenvalue weighted by atomic mass is 14.9. The Hall–Kier alpha value is -1.83. The predicted molar refractivity (Wildman–Crippen MR) is 75.5 cm³/mol. The molecular formula is C16H18N2. The lowest BCUT2D eigenvalue weighted by Gasteiger charge is -2.14. The topological polar surface area (TPSA) is 28.7 Å². The second kappa shape index (κ2) is 4.45. The number of rotatable bonds is 2. The SMILES string of the molecule is CC(C)c1ncc(-c2cccc3c2CCC=C3)[nH]1. The summed E-state index contributed by atoms with van der Waals surface area (Å²) >= 11 is 0. The van der Waals surface area contributed by atoms with Gasteiger partial charge in [-0.2, -0.15) is 0 Å². The van der Waals surface area contributed by atoms with E-state index in [0.29, 0.717) is 5.92 Å². The Morgan fingerprint density at radius 3 is 2.94 bits per heavy atom. The number of nitrogens with zero attached hydrogens (tertiary/aromatic N) is 1. The van der Waals surface area contributed by atoms with Gasteiger partial charge in [0.25, 0.3) is 0 Å². The number of aromatic nitrogens is 2. The van der Waals surface area contributed by atoms with E-state index in [1.807, 2.05) is 6.20 Å². The van der Waals surface area contributed by atoms with Gasteiger partial charge in [-0.15, -0.1) is 0 Å². The van der Waals surface area contributed by atoms with E-state index in [1.165, 1.54) is 16.7 Å². The van der Waals surface area contributed by atoms with E-state index in [1.54, 1.807) is 0 Å². The molecule has 2 heteroatoms. The molecule has 3 rings (SSSR count). The van der Waals surface area contributed by atoms with Gasteiger partial charge in [0.05, 0.1) is 11.9 Å². The van der Waals surface area contributed by atoms with Gasteiger partial charge in [-0.25, -0.2) is 4.98 Å². The average Bonchev–Trinajstić information content (AvgIpc) is 2.87. The Labute approximate surface area is 108 Å². The standard InChI is InChI=1S/C16H18N2/c1-11(2)16-17-10-15(18-16)14-9-5-7-12-6-3-4-8-13(12)14/h3,5-7,9-11H,4,8H2,1-2H3,(H,17,18). The number of allylic oxidation sites excluding steroid dienone is 1. The normalized spacial score (nSPS) is 13.9. The molecule has 1 aliphatic carbocycles. The maximum absolute atomic E-state index is 4.47. The van der Waals surface area contributed by atoms with Gasteiger partial charge in [-0.3, -0.25) is 0 Å². The summed E-state index contributed by atoms with van der Waals surface area (Å²) in [6, 6.07) is 6.50. The molecule has 0 spiro atoms. The molecule has 1 aromatic heterocycles. The van der Waals surface area contributed by atoms with Crippen molar-refractivity contribution in [1.29, 1.82) is 0 Å². The summed E-state index contributed by atoms with van der Waals surface area (Å²) < 4.78 is 0. The lowest BCUT2D eigenvalue weighted by Crippen LogP contribution is -1.97. The molecule has 1 N–H and O–H groups in total. The molecule has 1 heterocycles. The molecule has 0 aliphatic heterocycles. The zero-order valence-electron chi connectivity index (χ0n) is 10.9. The first-order chi connectivity index (χ1) is 8.75. The molecule has 92 valence electrons. The minimum Gasteiger partial charge on any atom is -0.342 e. The summed E-state index contributed by atoms with van der Waals surface area (Å²) in [5.41, 5.74) is 5.24. The summed E-state index contributed by atoms with van der Waals surface area (Å²) in [7, 11) is 0. The Bertz CT molecular complexity index is 591. The highest BCUT2D eigenvalue weighted by Gasteiger charge is 2.13. The van der Waals surface area contributed by atoms with Gasteiger partial charge in [0.1, 0.15) is 5.82 Å². The summed E-state index contributed by atoms with van der Waals surface area (Å²) in [4.78, 5) is 7.91. The zero-order valence-corrected chi connectivity index (χ0v) is 10.9. The van der Waals surface area contributed by atoms with Crippen LogP contribution >= 0.6 is 0 Å². The Morgan fingerprint density at radius 1 is 1.28 bits per heavy atom. The molecule has 1 aromatic carbocycles. The van der Waals surface area contributed by atoms with E-state index >= 15 is 0 Å². The van der Waals surface area contributed by atoms with Crippen LogP contribution in [0, 0.1) is 0 Å². The van der Waals surface area contributed by atoms with Gasteiger partial charge in [-0.05, 0) is 24.0 Å². The highest BCUT2D eigenvalue weighted by molar-refractivity contribution is 5.71. The quantitative estimate of drug-likeness (QED) is 0.836. The number of hydrogen-bond donors (Lipinski definition) is 1. The molecular weight excluding hydrogens is 220 g/mol. The van der Waals surface area contributed by atoms with Crippen molar-refractivity contribution in [1.82, 2.24) is 9.97 Å². The van der Waals surface area contributed by atoms with E-state index in [-0.39, 0.29) is 0 Å². The average molecular weight is 238 g/mol. The molecule has 18 heavy (non-hydrogen) atoms. The zero-order chi connectivity index (χ0) is 12.5. The van der Waals surface area contributed by atoms with Crippen molar-refractivity contribution >= 4 is 6.08 Å². The van der Waals surface area contributed by atoms with Crippen LogP contribution in [0.15, 0.2) is 30.5 Å². The largest absolute Gasteiger partial charge is 0.342 e. The van der Waals surface area contributed by atoms with Crippen molar-refractivity contribution in [3.05, 3.63) is 47.4 Å². The molecule has 0 amide bonds. The van der Waals surface area contributed by atoms with E-state index < -0.39 is 0 Å². The van der Waals surface area contributed by atoms with Crippen molar-refractivity contribution < 1.29 is 0 Å². The maximum atomic E-state index is 4.47. The van der Waals surface area contributed by atoms with Crippen molar-refractivity contribution in [3.8, 4) is 11.3 Å². The molecule has 2 aromatic rings. The second-order valence-electron chi connectivity index (χ2n) is 5.15. The van der Waals surface area contributed by atoms with Crippen LogP contribution in [0.4, 0.5) is 0 Å². The van der Waals surface area contributed by atoms with Gasteiger partial charge in [0, 0.05) is 11.5 Å². The van der Waals surface area contributed by atoms with Crippen molar-refractivity contribution in [2.45, 2.75) is 32.6 Å². The van der Waals surface area contributed by atoms with Crippen molar-refractivity contribution in [3.63, 3.8) is 0 Å². The van der Waals surface area contributed by atoms with Gasteiger partial charge < -0.3 is 4.98 Å². The van der Waals surface area contributed by atoms with Crippen LogP contribution in [-0.4, -0.2) is 9.97 Å². The monoisotopic (exact) mass is 238 g/mol. The maximum Gasteiger partial charge on any atom is 0.109 e. The van der Waals surface area contributed by atoms with Crippen LogP contribution in [0.2, 0.25) is 0 Å². The number of fused-ring (bicyclic) bond motifs is 1. The number of imidazole rings is 1. The van der Waals surface area contributed by atoms with Gasteiger partial charge in [-0.1, -0.05) is 44.2 Å². The molecule has 0 fully saturated rings. The lowest BCUT2D eigenvalue weighted by atomic mass is 9.92. The molecule has 0 unspecified atom stereocenters. The van der Waals surface area contributed by atoms with Crippen LogP contribution in [-0.2, 0) is 6.42 Å². The minimum atomic E-state index is 0.443. The van der Waals surface area contributed by atoms with Crippen LogP contribution < -0.4 is 0 Å².